The zero-order chi connectivity index (χ0) is 13.5. The molecule has 0 aromatic carbocycles. The first-order chi connectivity index (χ1) is 8.34. The van der Waals surface area contributed by atoms with E-state index in [-0.39, 0.29) is 35.4 Å². The number of rotatable bonds is 1. The van der Waals surface area contributed by atoms with Crippen LogP contribution in [-0.4, -0.2) is 34.8 Å². The van der Waals surface area contributed by atoms with Gasteiger partial charge in [0.05, 0.1) is 0 Å². The molecule has 102 valence electrons. The molecule has 2 fully saturated rings. The van der Waals surface area contributed by atoms with Crippen molar-refractivity contribution in [3.63, 3.8) is 0 Å². The van der Waals surface area contributed by atoms with Gasteiger partial charge in [-0.2, -0.15) is 0 Å². The Labute approximate surface area is 109 Å². The van der Waals surface area contributed by atoms with E-state index < -0.39 is 0 Å². The molecule has 3 atom stereocenters. The number of nitrogens with one attached hydrogen (secondary N) is 1. The Balaban J connectivity index is 2.28. The fraction of sp³-hybridized carbons (Fsp3) is 0.857. The first kappa shape index (κ1) is 13.4. The first-order valence-corrected chi connectivity index (χ1v) is 6.97. The average molecular weight is 252 g/mol. The Hall–Kier alpha value is -1.06. The van der Waals surface area contributed by atoms with Gasteiger partial charge in [-0.3, -0.25) is 9.59 Å². The van der Waals surface area contributed by atoms with Gasteiger partial charge in [0.1, 0.15) is 12.1 Å². The van der Waals surface area contributed by atoms with E-state index >= 15 is 0 Å². The van der Waals surface area contributed by atoms with E-state index in [9.17, 15) is 9.59 Å². The van der Waals surface area contributed by atoms with Crippen molar-refractivity contribution in [2.75, 3.05) is 0 Å². The second-order valence-corrected chi connectivity index (χ2v) is 6.40. The van der Waals surface area contributed by atoms with E-state index in [1.54, 1.807) is 6.92 Å². The fourth-order valence-electron chi connectivity index (χ4n) is 3.35. The van der Waals surface area contributed by atoms with E-state index in [4.69, 9.17) is 0 Å². The van der Waals surface area contributed by atoms with E-state index in [1.165, 1.54) is 6.42 Å². The quantitative estimate of drug-likeness (QED) is 0.772. The number of amides is 2. The van der Waals surface area contributed by atoms with Crippen LogP contribution in [0.5, 0.6) is 0 Å². The number of hydrogen-bond donors (Lipinski definition) is 1. The maximum atomic E-state index is 12.4. The van der Waals surface area contributed by atoms with Crippen molar-refractivity contribution >= 4 is 11.8 Å². The monoisotopic (exact) mass is 252 g/mol. The van der Waals surface area contributed by atoms with E-state index in [2.05, 4.69) is 19.2 Å². The second-order valence-electron chi connectivity index (χ2n) is 6.40. The average Bonchev–Trinajstić information content (AvgIpc) is 2.29. The van der Waals surface area contributed by atoms with Crippen LogP contribution in [0.2, 0.25) is 0 Å². The second kappa shape index (κ2) is 4.56. The Kier molecular flexibility index (Phi) is 3.39. The molecule has 1 N–H and O–H groups in total. The Morgan fingerprint density at radius 1 is 1.22 bits per heavy atom. The summed E-state index contributed by atoms with van der Waals surface area (Å²) in [5, 5.41) is 2.75. The lowest BCUT2D eigenvalue weighted by Gasteiger charge is -2.49. The summed E-state index contributed by atoms with van der Waals surface area (Å²) in [4.78, 5) is 26.1. The van der Waals surface area contributed by atoms with Gasteiger partial charge in [0.15, 0.2) is 0 Å². The normalized spacial score (nSPS) is 36.4. The summed E-state index contributed by atoms with van der Waals surface area (Å²) in [6, 6.07) is -0.523. The predicted molar refractivity (Wildman–Crippen MR) is 69.9 cm³/mol. The van der Waals surface area contributed by atoms with Gasteiger partial charge in [0.25, 0.3) is 0 Å². The van der Waals surface area contributed by atoms with Crippen LogP contribution in [-0.2, 0) is 9.59 Å². The smallest absolute Gasteiger partial charge is 0.245 e. The van der Waals surface area contributed by atoms with Crippen LogP contribution in [0.3, 0.4) is 0 Å². The van der Waals surface area contributed by atoms with Crippen molar-refractivity contribution in [3.05, 3.63) is 0 Å². The minimum absolute atomic E-state index is 0.0246. The predicted octanol–water partition coefficient (Wildman–Crippen LogP) is 1.69. The highest BCUT2D eigenvalue weighted by molar-refractivity contribution is 5.96. The molecule has 4 nitrogen and oxygen atoms in total. The van der Waals surface area contributed by atoms with Gasteiger partial charge in [-0.05, 0) is 32.1 Å². The maximum Gasteiger partial charge on any atom is 0.245 e. The lowest BCUT2D eigenvalue weighted by Crippen LogP contribution is -2.66. The van der Waals surface area contributed by atoms with Crippen LogP contribution in [0.4, 0.5) is 0 Å². The summed E-state index contributed by atoms with van der Waals surface area (Å²) in [7, 11) is 0. The van der Waals surface area contributed by atoms with E-state index in [0.29, 0.717) is 0 Å². The topological polar surface area (TPSA) is 49.4 Å². The van der Waals surface area contributed by atoms with Gasteiger partial charge in [-0.1, -0.05) is 26.7 Å². The lowest BCUT2D eigenvalue weighted by atomic mass is 9.72. The van der Waals surface area contributed by atoms with Crippen LogP contribution < -0.4 is 5.32 Å². The van der Waals surface area contributed by atoms with Crippen LogP contribution in [0.15, 0.2) is 0 Å². The number of piperazine rings is 1. The number of hydrogen-bond acceptors (Lipinski definition) is 2. The molecular weight excluding hydrogens is 228 g/mol. The third kappa shape index (κ3) is 2.13. The summed E-state index contributed by atoms with van der Waals surface area (Å²) in [6.07, 6.45) is 4.52. The van der Waals surface area contributed by atoms with Crippen LogP contribution in [0.1, 0.15) is 53.4 Å². The van der Waals surface area contributed by atoms with Crippen molar-refractivity contribution in [2.45, 2.75) is 71.5 Å². The van der Waals surface area contributed by atoms with Gasteiger partial charge < -0.3 is 10.2 Å². The summed E-state index contributed by atoms with van der Waals surface area (Å²) in [6.45, 7) is 8.04. The summed E-state index contributed by atoms with van der Waals surface area (Å²) < 4.78 is 0. The minimum atomic E-state index is -0.383. The highest BCUT2D eigenvalue weighted by atomic mass is 16.2. The van der Waals surface area contributed by atoms with Crippen molar-refractivity contribution < 1.29 is 9.59 Å². The molecule has 0 radical (unpaired) electrons. The highest BCUT2D eigenvalue weighted by Gasteiger charge is 2.45. The Morgan fingerprint density at radius 3 is 2.50 bits per heavy atom. The maximum absolute atomic E-state index is 12.4. The molecule has 1 saturated heterocycles. The molecule has 0 bridgehead atoms. The largest absolute Gasteiger partial charge is 0.343 e. The van der Waals surface area contributed by atoms with Crippen molar-refractivity contribution in [3.8, 4) is 0 Å². The molecule has 1 aliphatic carbocycles. The third-order valence-electron chi connectivity index (χ3n) is 4.57. The van der Waals surface area contributed by atoms with Gasteiger partial charge >= 0.3 is 0 Å². The molecule has 18 heavy (non-hydrogen) atoms. The van der Waals surface area contributed by atoms with Gasteiger partial charge in [-0.15, -0.1) is 0 Å². The molecule has 2 amide bonds. The molecule has 3 unspecified atom stereocenters. The Morgan fingerprint density at radius 2 is 1.89 bits per heavy atom. The summed E-state index contributed by atoms with van der Waals surface area (Å²) in [5.74, 6) is 0.0468. The van der Waals surface area contributed by atoms with Crippen LogP contribution in [0.25, 0.3) is 0 Å². The van der Waals surface area contributed by atoms with Gasteiger partial charge in [0, 0.05) is 6.04 Å². The molecule has 0 aromatic rings. The molecule has 1 aliphatic heterocycles. The van der Waals surface area contributed by atoms with Gasteiger partial charge in [-0.25, -0.2) is 0 Å². The van der Waals surface area contributed by atoms with Crippen molar-refractivity contribution in [1.29, 1.82) is 0 Å². The molecular formula is C14H24N2O2. The first-order valence-electron chi connectivity index (χ1n) is 6.97. The zero-order valence-corrected chi connectivity index (χ0v) is 11.8. The van der Waals surface area contributed by atoms with Crippen molar-refractivity contribution in [2.24, 2.45) is 5.41 Å². The fourth-order valence-corrected chi connectivity index (χ4v) is 3.35. The zero-order valence-electron chi connectivity index (χ0n) is 11.8. The van der Waals surface area contributed by atoms with Crippen LogP contribution in [0, 0.1) is 5.41 Å². The number of carbonyl (C=O) groups excluding carboxylic acids is 2. The Bertz CT molecular complexity index is 365. The summed E-state index contributed by atoms with van der Waals surface area (Å²) >= 11 is 0. The van der Waals surface area contributed by atoms with E-state index in [1.807, 2.05) is 11.8 Å². The third-order valence-corrected chi connectivity index (χ3v) is 4.57. The molecule has 0 spiro atoms. The minimum Gasteiger partial charge on any atom is -0.343 e. The number of nitrogens with zero attached hydrogens (tertiary/aromatic N) is 1. The standard InChI is InChI=1S/C14H24N2O2/c1-9-13(18)16(10(2)12(17)15-9)11-7-5-6-8-14(11,3)4/h9-11H,5-8H2,1-4H3,(H,15,17). The SMILES string of the molecule is CC1NC(=O)C(C)N(C2CCCCC2(C)C)C1=O. The number of carbonyl (C=O) groups is 2. The molecule has 2 rings (SSSR count). The molecule has 1 saturated carbocycles. The lowest BCUT2D eigenvalue weighted by molar-refractivity contribution is -0.155. The highest BCUT2D eigenvalue weighted by Crippen LogP contribution is 2.40. The summed E-state index contributed by atoms with van der Waals surface area (Å²) in [5.41, 5.74) is 0.111. The van der Waals surface area contributed by atoms with E-state index in [0.717, 1.165) is 19.3 Å². The molecule has 4 heteroatoms. The molecule has 1 heterocycles. The van der Waals surface area contributed by atoms with Crippen molar-refractivity contribution in [1.82, 2.24) is 10.2 Å². The molecule has 2 aliphatic rings. The van der Waals surface area contributed by atoms with Gasteiger partial charge in [0.2, 0.25) is 11.8 Å². The van der Waals surface area contributed by atoms with Crippen LogP contribution >= 0.6 is 0 Å². The molecule has 0 aromatic heterocycles.